The Morgan fingerprint density at radius 2 is 2.00 bits per heavy atom. The number of benzene rings is 2. The lowest BCUT2D eigenvalue weighted by Crippen LogP contribution is -2.37. The minimum atomic E-state index is -0.876. The number of carbonyl (C=O) groups excluding carboxylic acids is 1. The van der Waals surface area contributed by atoms with E-state index in [0.717, 1.165) is 22.4 Å². The highest BCUT2D eigenvalue weighted by atomic mass is 32.2. The first-order valence-corrected chi connectivity index (χ1v) is 11.7. The van der Waals surface area contributed by atoms with E-state index in [4.69, 9.17) is 4.74 Å². The first-order valence-electron chi connectivity index (χ1n) is 10.7. The molecule has 1 aliphatic rings. The predicted octanol–water partition coefficient (Wildman–Crippen LogP) is 5.22. The lowest BCUT2D eigenvalue weighted by molar-refractivity contribution is -0.118. The normalized spacial score (nSPS) is 14.7. The zero-order valence-electron chi connectivity index (χ0n) is 19.3. The molecule has 33 heavy (non-hydrogen) atoms. The smallest absolute Gasteiger partial charge is 0.247 e. The molecule has 168 valence electrons. The van der Waals surface area contributed by atoms with Crippen molar-refractivity contribution in [1.82, 2.24) is 15.2 Å². The monoisotopic (exact) mass is 459 g/mol. The van der Waals surface area contributed by atoms with Crippen molar-refractivity contribution in [3.63, 3.8) is 0 Å². The number of thioether (sulfide) groups is 1. The van der Waals surface area contributed by atoms with Crippen LogP contribution in [-0.2, 0) is 4.79 Å². The van der Waals surface area contributed by atoms with Crippen LogP contribution < -0.4 is 9.64 Å². The number of hydrogen-bond acceptors (Lipinski definition) is 7. The average Bonchev–Trinajstić information content (AvgIpc) is 2.92. The van der Waals surface area contributed by atoms with Crippen molar-refractivity contribution < 1.29 is 9.53 Å². The third-order valence-electron chi connectivity index (χ3n) is 5.27. The second-order valence-corrected chi connectivity index (χ2v) is 9.48. The van der Waals surface area contributed by atoms with Gasteiger partial charge >= 0.3 is 0 Å². The molecule has 4 rings (SSSR count). The number of carbonyl (C=O) groups is 1. The number of ether oxygens (including phenoxy) is 1. The lowest BCUT2D eigenvalue weighted by atomic mass is 9.99. The van der Waals surface area contributed by atoms with E-state index in [0.29, 0.717) is 39.5 Å². The summed E-state index contributed by atoms with van der Waals surface area (Å²) in [5.41, 5.74) is 4.84. The summed E-state index contributed by atoms with van der Waals surface area (Å²) < 4.78 is 6.41. The molecule has 0 fully saturated rings. The fourth-order valence-electron chi connectivity index (χ4n) is 3.93. The van der Waals surface area contributed by atoms with Gasteiger partial charge in [-0.15, -0.1) is 10.2 Å². The maximum absolute atomic E-state index is 13.0. The zero-order valence-corrected chi connectivity index (χ0v) is 20.1. The Labute approximate surface area is 197 Å². The molecule has 8 heteroatoms. The van der Waals surface area contributed by atoms with E-state index in [9.17, 15) is 10.1 Å². The minimum Gasteiger partial charge on any atom is -0.447 e. The highest BCUT2D eigenvalue weighted by Gasteiger charge is 2.36. The molecule has 1 amide bonds. The number of nitriles is 1. The third kappa shape index (κ3) is 4.41. The number of amides is 1. The topological polar surface area (TPSA) is 92.0 Å². The Bertz CT molecular complexity index is 1270. The van der Waals surface area contributed by atoms with E-state index in [1.807, 2.05) is 32.0 Å². The highest BCUT2D eigenvalue weighted by Crippen LogP contribution is 2.46. The molecule has 3 aromatic rings. The largest absolute Gasteiger partial charge is 0.447 e. The van der Waals surface area contributed by atoms with Crippen LogP contribution in [0, 0.1) is 31.1 Å². The maximum Gasteiger partial charge on any atom is 0.247 e. The van der Waals surface area contributed by atoms with Crippen LogP contribution in [0.3, 0.4) is 0 Å². The van der Waals surface area contributed by atoms with Crippen LogP contribution in [-0.4, -0.2) is 26.8 Å². The molecule has 1 aliphatic heterocycles. The van der Waals surface area contributed by atoms with E-state index in [2.05, 4.69) is 35.1 Å². The number of rotatable bonds is 4. The van der Waals surface area contributed by atoms with E-state index >= 15 is 0 Å². The van der Waals surface area contributed by atoms with Gasteiger partial charge in [0, 0.05) is 23.8 Å². The summed E-state index contributed by atoms with van der Waals surface area (Å²) in [7, 11) is 0. The fourth-order valence-corrected chi connectivity index (χ4v) is 4.65. The molecule has 7 nitrogen and oxygen atoms in total. The van der Waals surface area contributed by atoms with E-state index in [1.54, 1.807) is 23.1 Å². The molecular formula is C25H25N5O2S. The van der Waals surface area contributed by atoms with Gasteiger partial charge in [-0.05, 0) is 37.5 Å². The molecule has 0 bridgehead atoms. The van der Waals surface area contributed by atoms with Crippen molar-refractivity contribution in [2.75, 3.05) is 10.7 Å². The second kappa shape index (κ2) is 9.20. The molecular weight excluding hydrogens is 434 g/mol. The molecule has 2 heterocycles. The van der Waals surface area contributed by atoms with Crippen molar-refractivity contribution in [3.05, 3.63) is 58.7 Å². The van der Waals surface area contributed by atoms with Crippen LogP contribution in [0.2, 0.25) is 0 Å². The molecule has 1 atom stereocenters. The van der Waals surface area contributed by atoms with Gasteiger partial charge in [-0.3, -0.25) is 9.69 Å². The number of fused-ring (bicyclic) bond motifs is 3. The molecule has 1 unspecified atom stereocenters. The number of hydrogen-bond donors (Lipinski definition) is 0. The molecule has 0 radical (unpaired) electrons. The van der Waals surface area contributed by atoms with Gasteiger partial charge in [-0.25, -0.2) is 0 Å². The van der Waals surface area contributed by atoms with Gasteiger partial charge in [0.25, 0.3) is 0 Å². The summed E-state index contributed by atoms with van der Waals surface area (Å²) in [4.78, 5) is 19.3. The summed E-state index contributed by atoms with van der Waals surface area (Å²) >= 11 is 1.51. The summed E-state index contributed by atoms with van der Waals surface area (Å²) in [5, 5.41) is 19.1. The van der Waals surface area contributed by atoms with E-state index in [1.165, 1.54) is 18.7 Å². The average molecular weight is 460 g/mol. The number of aryl methyl sites for hydroxylation is 2. The maximum atomic E-state index is 13.0. The quantitative estimate of drug-likeness (QED) is 0.494. The Morgan fingerprint density at radius 1 is 1.24 bits per heavy atom. The van der Waals surface area contributed by atoms with Crippen molar-refractivity contribution in [2.24, 2.45) is 5.92 Å². The molecule has 2 aromatic carbocycles. The van der Waals surface area contributed by atoms with Gasteiger partial charge in [0.05, 0.1) is 17.3 Å². The standard InChI is InChI=1S/C25H25N5O2S/c1-14(2)13-33-25-27-23-21(28-29-25)20-11-15(3)10-16(4)22(20)30(17(5)31)24(32-23)19-9-7-6-8-18(19)12-26/h6-11,14,24H,13H2,1-5H3. The lowest BCUT2D eigenvalue weighted by Gasteiger charge is -2.31. The summed E-state index contributed by atoms with van der Waals surface area (Å²) in [6.07, 6.45) is -0.876. The first-order chi connectivity index (χ1) is 15.8. The summed E-state index contributed by atoms with van der Waals surface area (Å²) in [6.45, 7) is 9.69. The number of anilines is 1. The van der Waals surface area contributed by atoms with Crippen LogP contribution in [0.25, 0.3) is 11.3 Å². The minimum absolute atomic E-state index is 0.212. The van der Waals surface area contributed by atoms with Gasteiger partial charge in [-0.1, -0.05) is 55.4 Å². The molecule has 0 N–H and O–H groups in total. The highest BCUT2D eigenvalue weighted by molar-refractivity contribution is 7.99. The van der Waals surface area contributed by atoms with E-state index in [-0.39, 0.29) is 5.91 Å². The van der Waals surface area contributed by atoms with Crippen LogP contribution in [0.15, 0.2) is 41.6 Å². The van der Waals surface area contributed by atoms with Gasteiger partial charge in [0.2, 0.25) is 23.2 Å². The third-order valence-corrected chi connectivity index (χ3v) is 6.53. The van der Waals surface area contributed by atoms with Crippen molar-refractivity contribution in [1.29, 1.82) is 5.26 Å². The van der Waals surface area contributed by atoms with Gasteiger partial charge in [0.15, 0.2) is 5.69 Å². The Hall–Kier alpha value is -3.44. The SMILES string of the molecule is CC(=O)N1c2c(C)cc(C)cc2-c2nnc(SCC(C)C)nc2OC1c1ccccc1C#N. The van der Waals surface area contributed by atoms with E-state index < -0.39 is 6.23 Å². The second-order valence-electron chi connectivity index (χ2n) is 8.49. The molecule has 0 saturated heterocycles. The van der Waals surface area contributed by atoms with Gasteiger partial charge in [0.1, 0.15) is 0 Å². The molecule has 1 aromatic heterocycles. The molecule has 0 aliphatic carbocycles. The van der Waals surface area contributed by atoms with Crippen molar-refractivity contribution >= 4 is 23.4 Å². The molecule has 0 saturated carbocycles. The summed E-state index contributed by atoms with van der Waals surface area (Å²) in [6, 6.07) is 13.3. The fraction of sp³-hybridized carbons (Fsp3) is 0.320. The van der Waals surface area contributed by atoms with Crippen LogP contribution in [0.1, 0.15) is 49.3 Å². The van der Waals surface area contributed by atoms with Crippen LogP contribution in [0.5, 0.6) is 5.88 Å². The van der Waals surface area contributed by atoms with Crippen molar-refractivity contribution in [3.8, 4) is 23.2 Å². The Kier molecular flexibility index (Phi) is 6.34. The predicted molar refractivity (Wildman–Crippen MR) is 128 cm³/mol. The zero-order chi connectivity index (χ0) is 23.7. The van der Waals surface area contributed by atoms with Crippen LogP contribution >= 0.6 is 11.8 Å². The number of nitrogens with zero attached hydrogens (tertiary/aromatic N) is 5. The molecule has 0 spiro atoms. The number of aromatic nitrogens is 3. The first kappa shape index (κ1) is 22.7. The van der Waals surface area contributed by atoms with Crippen LogP contribution in [0.4, 0.5) is 5.69 Å². The Balaban J connectivity index is 1.98. The van der Waals surface area contributed by atoms with Gasteiger partial charge in [-0.2, -0.15) is 10.2 Å². The summed E-state index contributed by atoms with van der Waals surface area (Å²) in [5.74, 6) is 1.39. The Morgan fingerprint density at radius 3 is 2.70 bits per heavy atom. The van der Waals surface area contributed by atoms with Gasteiger partial charge < -0.3 is 4.74 Å². The van der Waals surface area contributed by atoms with Crippen molar-refractivity contribution in [2.45, 2.75) is 46.0 Å².